The van der Waals surface area contributed by atoms with Gasteiger partial charge in [-0.2, -0.15) is 0 Å². The third-order valence-electron chi connectivity index (χ3n) is 3.03. The summed E-state index contributed by atoms with van der Waals surface area (Å²) in [5.74, 6) is 0.448. The van der Waals surface area contributed by atoms with Gasteiger partial charge in [-0.3, -0.25) is 0 Å². The summed E-state index contributed by atoms with van der Waals surface area (Å²) in [5.41, 5.74) is 8.01. The fourth-order valence-corrected chi connectivity index (χ4v) is 2.53. The molecule has 0 aliphatic heterocycles. The second-order valence-electron chi connectivity index (χ2n) is 4.41. The third-order valence-corrected chi connectivity index (χ3v) is 4.25. The van der Waals surface area contributed by atoms with Crippen molar-refractivity contribution in [1.82, 2.24) is 5.16 Å². The molecule has 3 nitrogen and oxygen atoms in total. The first kappa shape index (κ1) is 14.1. The number of rotatable bonds is 2. The van der Waals surface area contributed by atoms with Gasteiger partial charge in [0.15, 0.2) is 11.6 Å². The van der Waals surface area contributed by atoms with E-state index >= 15 is 0 Å². The van der Waals surface area contributed by atoms with Crippen molar-refractivity contribution < 1.29 is 8.91 Å². The first-order valence-electron chi connectivity index (χ1n) is 6.03. The Morgan fingerprint density at radius 3 is 2.43 bits per heavy atom. The van der Waals surface area contributed by atoms with Crippen molar-refractivity contribution in [2.75, 3.05) is 5.73 Å². The minimum Gasteiger partial charge on any atom is -0.380 e. The van der Waals surface area contributed by atoms with Crippen molar-refractivity contribution >= 4 is 33.3 Å². The average molecular weight is 368 g/mol. The van der Waals surface area contributed by atoms with E-state index in [1.54, 1.807) is 24.3 Å². The SMILES string of the molecule is Nc1noc(-c2ccc(Cl)c(Br)c2)c1-c1ccc(F)cc1. The molecule has 2 aromatic carbocycles. The van der Waals surface area contributed by atoms with Crippen LogP contribution in [0.15, 0.2) is 51.5 Å². The van der Waals surface area contributed by atoms with Gasteiger partial charge >= 0.3 is 0 Å². The molecule has 0 atom stereocenters. The van der Waals surface area contributed by atoms with Gasteiger partial charge in [0, 0.05) is 10.0 Å². The van der Waals surface area contributed by atoms with E-state index in [0.29, 0.717) is 16.3 Å². The Morgan fingerprint density at radius 2 is 1.76 bits per heavy atom. The Balaban J connectivity index is 2.16. The van der Waals surface area contributed by atoms with Gasteiger partial charge in [0.1, 0.15) is 5.82 Å². The Hall–Kier alpha value is -1.85. The zero-order valence-corrected chi connectivity index (χ0v) is 13.0. The van der Waals surface area contributed by atoms with Crippen molar-refractivity contribution in [2.45, 2.75) is 0 Å². The van der Waals surface area contributed by atoms with Gasteiger partial charge in [-0.25, -0.2) is 4.39 Å². The summed E-state index contributed by atoms with van der Waals surface area (Å²) in [6.45, 7) is 0. The Bertz CT molecular complexity index is 802. The summed E-state index contributed by atoms with van der Waals surface area (Å²) >= 11 is 9.35. The highest BCUT2D eigenvalue weighted by molar-refractivity contribution is 9.10. The first-order valence-corrected chi connectivity index (χ1v) is 7.20. The number of aromatic nitrogens is 1. The molecule has 1 heterocycles. The van der Waals surface area contributed by atoms with Crippen LogP contribution in [0.1, 0.15) is 0 Å². The molecular weight excluding hydrogens is 359 g/mol. The van der Waals surface area contributed by atoms with Gasteiger partial charge in [-0.1, -0.05) is 28.9 Å². The molecule has 0 aliphatic rings. The number of nitrogen functional groups attached to an aromatic ring is 1. The highest BCUT2D eigenvalue weighted by atomic mass is 79.9. The molecule has 0 unspecified atom stereocenters. The molecule has 0 spiro atoms. The van der Waals surface area contributed by atoms with Gasteiger partial charge in [0.25, 0.3) is 0 Å². The molecule has 21 heavy (non-hydrogen) atoms. The molecule has 2 N–H and O–H groups in total. The van der Waals surface area contributed by atoms with Gasteiger partial charge in [0.2, 0.25) is 0 Å². The number of halogens is 3. The topological polar surface area (TPSA) is 52.0 Å². The van der Waals surface area contributed by atoms with Gasteiger partial charge in [-0.05, 0) is 51.8 Å². The summed E-state index contributed by atoms with van der Waals surface area (Å²) in [6.07, 6.45) is 0. The largest absolute Gasteiger partial charge is 0.380 e. The van der Waals surface area contributed by atoms with Crippen molar-refractivity contribution in [2.24, 2.45) is 0 Å². The molecule has 0 radical (unpaired) electrons. The van der Waals surface area contributed by atoms with Crippen LogP contribution >= 0.6 is 27.5 Å². The molecule has 3 aromatic rings. The summed E-state index contributed by atoms with van der Waals surface area (Å²) < 4.78 is 19.1. The lowest BCUT2D eigenvalue weighted by Crippen LogP contribution is -1.89. The molecule has 0 fully saturated rings. The minimum atomic E-state index is -0.315. The molecule has 3 rings (SSSR count). The van der Waals surface area contributed by atoms with E-state index in [4.69, 9.17) is 21.9 Å². The zero-order valence-electron chi connectivity index (χ0n) is 10.6. The number of hydrogen-bond acceptors (Lipinski definition) is 3. The minimum absolute atomic E-state index is 0.252. The highest BCUT2D eigenvalue weighted by Crippen LogP contribution is 2.38. The first-order chi connectivity index (χ1) is 10.1. The van der Waals surface area contributed by atoms with E-state index in [2.05, 4.69) is 21.1 Å². The normalized spacial score (nSPS) is 10.8. The summed E-state index contributed by atoms with van der Waals surface area (Å²) in [4.78, 5) is 0. The monoisotopic (exact) mass is 366 g/mol. The van der Waals surface area contributed by atoms with Gasteiger partial charge in [0.05, 0.1) is 10.6 Å². The van der Waals surface area contributed by atoms with Crippen LogP contribution in [0.2, 0.25) is 5.02 Å². The predicted octanol–water partition coefficient (Wildman–Crippen LogP) is 5.15. The zero-order chi connectivity index (χ0) is 15.0. The lowest BCUT2D eigenvalue weighted by Gasteiger charge is -2.04. The molecule has 6 heteroatoms. The molecule has 0 amide bonds. The van der Waals surface area contributed by atoms with E-state index in [1.807, 2.05) is 6.07 Å². The highest BCUT2D eigenvalue weighted by Gasteiger charge is 2.18. The number of benzene rings is 2. The van der Waals surface area contributed by atoms with Crippen LogP contribution in [0.4, 0.5) is 10.2 Å². The lowest BCUT2D eigenvalue weighted by atomic mass is 10.0. The standard InChI is InChI=1S/C15H9BrClFN2O/c16-11-7-9(3-6-12(11)17)14-13(15(19)20-21-14)8-1-4-10(18)5-2-8/h1-7H,(H2,19,20). The molecule has 0 saturated carbocycles. The van der Waals surface area contributed by atoms with E-state index in [-0.39, 0.29) is 11.6 Å². The summed E-state index contributed by atoms with van der Waals surface area (Å²) in [5, 5.41) is 4.40. The molecule has 0 aliphatic carbocycles. The van der Waals surface area contributed by atoms with Crippen LogP contribution in [0.5, 0.6) is 0 Å². The maximum Gasteiger partial charge on any atom is 0.176 e. The Kier molecular flexibility index (Phi) is 3.69. The average Bonchev–Trinajstić information content (AvgIpc) is 2.85. The van der Waals surface area contributed by atoms with Crippen LogP contribution < -0.4 is 5.73 Å². The number of nitrogens with two attached hydrogens (primary N) is 1. The molecule has 106 valence electrons. The van der Waals surface area contributed by atoms with Gasteiger partial charge < -0.3 is 10.3 Å². The Morgan fingerprint density at radius 1 is 1.10 bits per heavy atom. The smallest absolute Gasteiger partial charge is 0.176 e. The lowest BCUT2D eigenvalue weighted by molar-refractivity contribution is 0.436. The number of anilines is 1. The van der Waals surface area contributed by atoms with E-state index in [0.717, 1.165) is 15.6 Å². The fraction of sp³-hybridized carbons (Fsp3) is 0. The van der Waals surface area contributed by atoms with E-state index in [1.165, 1.54) is 12.1 Å². The maximum absolute atomic E-state index is 13.1. The van der Waals surface area contributed by atoms with E-state index < -0.39 is 0 Å². The quantitative estimate of drug-likeness (QED) is 0.682. The maximum atomic E-state index is 13.1. The predicted molar refractivity (Wildman–Crippen MR) is 84.5 cm³/mol. The number of hydrogen-bond donors (Lipinski definition) is 1. The van der Waals surface area contributed by atoms with Gasteiger partial charge in [-0.15, -0.1) is 0 Å². The van der Waals surface area contributed by atoms with Crippen molar-refractivity contribution in [3.8, 4) is 22.5 Å². The van der Waals surface area contributed by atoms with Crippen LogP contribution in [0.25, 0.3) is 22.5 Å². The van der Waals surface area contributed by atoms with Crippen molar-refractivity contribution in [1.29, 1.82) is 0 Å². The Labute approximate surface area is 133 Å². The molecular formula is C15H9BrClFN2O. The second kappa shape index (κ2) is 5.50. The second-order valence-corrected chi connectivity index (χ2v) is 5.67. The van der Waals surface area contributed by atoms with Crippen LogP contribution in [0, 0.1) is 5.82 Å². The third kappa shape index (κ3) is 2.66. The van der Waals surface area contributed by atoms with Crippen molar-refractivity contribution in [3.05, 3.63) is 57.8 Å². The summed E-state index contributed by atoms with van der Waals surface area (Å²) in [6, 6.07) is 11.4. The molecule has 0 saturated heterocycles. The number of nitrogens with zero attached hydrogens (tertiary/aromatic N) is 1. The van der Waals surface area contributed by atoms with Crippen LogP contribution in [0.3, 0.4) is 0 Å². The molecule has 1 aromatic heterocycles. The van der Waals surface area contributed by atoms with Crippen LogP contribution in [-0.4, -0.2) is 5.16 Å². The van der Waals surface area contributed by atoms with Crippen LogP contribution in [-0.2, 0) is 0 Å². The molecule has 0 bridgehead atoms. The van der Waals surface area contributed by atoms with E-state index in [9.17, 15) is 4.39 Å². The van der Waals surface area contributed by atoms with Crippen molar-refractivity contribution in [3.63, 3.8) is 0 Å². The summed E-state index contributed by atoms with van der Waals surface area (Å²) in [7, 11) is 0. The fourth-order valence-electron chi connectivity index (χ4n) is 2.03.